The van der Waals surface area contributed by atoms with Crippen LogP contribution in [0.15, 0.2) is 72.9 Å². The van der Waals surface area contributed by atoms with Gasteiger partial charge >= 0.3 is 5.97 Å². The summed E-state index contributed by atoms with van der Waals surface area (Å²) in [5, 5.41) is 11.1. The van der Waals surface area contributed by atoms with Crippen LogP contribution in [0.3, 0.4) is 0 Å². The van der Waals surface area contributed by atoms with Gasteiger partial charge in [0, 0.05) is 67.5 Å². The molecule has 1 fully saturated rings. The number of ether oxygens (including phenoxy) is 2. The van der Waals surface area contributed by atoms with Crippen molar-refractivity contribution >= 4 is 22.6 Å². The third-order valence-electron chi connectivity index (χ3n) is 9.45. The first-order valence-corrected chi connectivity index (χ1v) is 17.0. The number of aryl methyl sites for hydroxylation is 3. The molecule has 2 heterocycles. The van der Waals surface area contributed by atoms with E-state index in [1.807, 2.05) is 53.4 Å². The molecule has 1 aromatic heterocycles. The highest BCUT2D eigenvalue weighted by Crippen LogP contribution is 2.45. The molecule has 0 saturated carbocycles. The Morgan fingerprint density at radius 2 is 1.57 bits per heavy atom. The zero-order valence-electron chi connectivity index (χ0n) is 29.9. The maximum absolute atomic E-state index is 14.3. The van der Waals surface area contributed by atoms with Crippen LogP contribution in [0.25, 0.3) is 33.0 Å². The van der Waals surface area contributed by atoms with E-state index in [9.17, 15) is 27.2 Å². The van der Waals surface area contributed by atoms with Crippen LogP contribution in [0.5, 0.6) is 11.5 Å². The Balaban J connectivity index is 0.000000241. The smallest absolute Gasteiger partial charge is 0.303 e. The van der Waals surface area contributed by atoms with Crippen LogP contribution in [0.4, 0.5) is 17.6 Å². The highest BCUT2D eigenvalue weighted by molar-refractivity contribution is 6.01. The average Bonchev–Trinajstić information content (AvgIpc) is 3.12. The molecule has 3 N–H and O–H groups in total. The van der Waals surface area contributed by atoms with Gasteiger partial charge in [0.1, 0.15) is 28.7 Å². The van der Waals surface area contributed by atoms with Crippen molar-refractivity contribution in [3.8, 4) is 33.8 Å². The number of likely N-dealkylation sites (tertiary alicyclic amines) is 1. The molecule has 12 heteroatoms. The Labute approximate surface area is 305 Å². The summed E-state index contributed by atoms with van der Waals surface area (Å²) in [6.07, 6.45) is 1.82. The molecule has 278 valence electrons. The van der Waals surface area contributed by atoms with Gasteiger partial charge < -0.3 is 20.3 Å². The Morgan fingerprint density at radius 3 is 2.21 bits per heavy atom. The molecule has 1 amide bonds. The summed E-state index contributed by atoms with van der Waals surface area (Å²) in [6, 6.07) is 19.7. The molecule has 5 aromatic rings. The van der Waals surface area contributed by atoms with Crippen LogP contribution in [-0.2, 0) is 17.8 Å². The van der Waals surface area contributed by atoms with Crippen LogP contribution in [-0.4, -0.2) is 60.1 Å². The Morgan fingerprint density at radius 1 is 0.868 bits per heavy atom. The quantitative estimate of drug-likeness (QED) is 0.139. The Bertz CT molecular complexity index is 2130. The summed E-state index contributed by atoms with van der Waals surface area (Å²) in [5.74, 6) is -5.17. The minimum atomic E-state index is -2.59. The van der Waals surface area contributed by atoms with Crippen LogP contribution in [0, 0.1) is 25.5 Å². The van der Waals surface area contributed by atoms with Gasteiger partial charge in [-0.05, 0) is 72.0 Å². The molecular weight excluding hydrogens is 690 g/mol. The van der Waals surface area contributed by atoms with Crippen molar-refractivity contribution in [1.82, 2.24) is 9.88 Å². The molecule has 0 aliphatic carbocycles. The molecular formula is C41H41F4N3O5. The van der Waals surface area contributed by atoms with Crippen molar-refractivity contribution in [2.45, 2.75) is 52.0 Å². The lowest BCUT2D eigenvalue weighted by atomic mass is 9.92. The largest absolute Gasteiger partial charge is 0.496 e. The number of nitrogens with two attached hydrogens (primary N) is 1. The number of alkyl halides is 2. The van der Waals surface area contributed by atoms with Gasteiger partial charge in [0.15, 0.2) is 0 Å². The van der Waals surface area contributed by atoms with E-state index in [0.717, 1.165) is 44.7 Å². The zero-order chi connectivity index (χ0) is 38.4. The van der Waals surface area contributed by atoms with E-state index >= 15 is 0 Å². The number of aromatic nitrogens is 1. The summed E-state index contributed by atoms with van der Waals surface area (Å²) in [4.78, 5) is 28.3. The number of rotatable bonds is 10. The number of hydrogen-bond acceptors (Lipinski definition) is 6. The fraction of sp³-hybridized carbons (Fsp3) is 0.293. The fourth-order valence-corrected chi connectivity index (χ4v) is 6.80. The topological polar surface area (TPSA) is 115 Å². The van der Waals surface area contributed by atoms with E-state index < -0.39 is 35.0 Å². The number of carboxylic acids is 1. The van der Waals surface area contributed by atoms with E-state index in [2.05, 4.69) is 4.98 Å². The Hall–Kier alpha value is -5.49. The van der Waals surface area contributed by atoms with Crippen LogP contribution < -0.4 is 15.2 Å². The van der Waals surface area contributed by atoms with Crippen molar-refractivity contribution in [3.05, 3.63) is 113 Å². The van der Waals surface area contributed by atoms with Crippen LogP contribution in [0.2, 0.25) is 0 Å². The van der Waals surface area contributed by atoms with Gasteiger partial charge in [-0.1, -0.05) is 42.5 Å². The number of hydrogen-bond donors (Lipinski definition) is 2. The number of pyridine rings is 1. The molecule has 0 atom stereocenters. The second-order valence-electron chi connectivity index (χ2n) is 12.9. The van der Waals surface area contributed by atoms with Crippen molar-refractivity contribution < 1.29 is 41.7 Å². The number of nitrogens with zero attached hydrogens (tertiary/aromatic N) is 2. The highest BCUT2D eigenvalue weighted by atomic mass is 19.3. The minimum absolute atomic E-state index is 0.0559. The monoisotopic (exact) mass is 731 g/mol. The number of primary amides is 1. The number of benzene rings is 4. The average molecular weight is 732 g/mol. The predicted octanol–water partition coefficient (Wildman–Crippen LogP) is 8.51. The first kappa shape index (κ1) is 38.7. The second-order valence-corrected chi connectivity index (χ2v) is 12.9. The zero-order valence-corrected chi connectivity index (χ0v) is 29.9. The predicted molar refractivity (Wildman–Crippen MR) is 195 cm³/mol. The SMILES string of the molecule is COc1ccc(CN2CCC(F)(F)CC2)c(OC)c1-c1cccc2c(CCC(=O)O)cccc12.Cc1ccnc(C)c1-c1ccc(F)c(C(N)=O)c1F. The first-order valence-electron chi connectivity index (χ1n) is 17.0. The summed E-state index contributed by atoms with van der Waals surface area (Å²) in [5.41, 5.74) is 9.91. The third-order valence-corrected chi connectivity index (χ3v) is 9.45. The third kappa shape index (κ3) is 8.60. The number of methoxy groups -OCH3 is 2. The van der Waals surface area contributed by atoms with Crippen molar-refractivity contribution in [3.63, 3.8) is 0 Å². The lowest BCUT2D eigenvalue weighted by Gasteiger charge is -2.32. The van der Waals surface area contributed by atoms with Gasteiger partial charge in [0.25, 0.3) is 11.8 Å². The van der Waals surface area contributed by atoms with Gasteiger partial charge in [0.05, 0.1) is 19.8 Å². The molecule has 1 saturated heterocycles. The molecule has 1 aliphatic rings. The molecule has 4 aromatic carbocycles. The van der Waals surface area contributed by atoms with Crippen LogP contribution in [0.1, 0.15) is 52.0 Å². The molecule has 6 rings (SSSR count). The van der Waals surface area contributed by atoms with E-state index in [0.29, 0.717) is 48.8 Å². The van der Waals surface area contributed by atoms with Gasteiger partial charge in [-0.2, -0.15) is 0 Å². The normalized spacial score (nSPS) is 14.0. The number of halogens is 4. The number of carbonyl (C=O) groups is 2. The van der Waals surface area contributed by atoms with Gasteiger partial charge in [0.2, 0.25) is 0 Å². The first-order chi connectivity index (χ1) is 25.3. The van der Waals surface area contributed by atoms with E-state index in [1.165, 1.54) is 6.07 Å². The van der Waals surface area contributed by atoms with E-state index in [1.54, 1.807) is 40.3 Å². The number of carbonyl (C=O) groups excluding carboxylic acids is 1. The lowest BCUT2D eigenvalue weighted by Crippen LogP contribution is -2.38. The van der Waals surface area contributed by atoms with Crippen LogP contribution >= 0.6 is 0 Å². The highest BCUT2D eigenvalue weighted by Gasteiger charge is 2.34. The summed E-state index contributed by atoms with van der Waals surface area (Å²) >= 11 is 0. The number of piperidine rings is 1. The standard InChI is InChI=1S/C27H29F2NO4.C14H12F2N2O/c1-33-23-11-9-19(17-30-15-13-27(28,29)14-16-30)26(34-2)25(23)22-8-4-6-20-18(10-12-24(31)32)5-3-7-21(20)22;1-7-5-6-18-8(2)11(7)9-3-4-10(15)12(13(9)16)14(17)19/h3-9,11H,10,12-17H2,1-2H3,(H,31,32);3-6H,1-2H3,(H2,17,19). The number of fused-ring (bicyclic) bond motifs is 1. The number of aliphatic carboxylic acids is 1. The van der Waals surface area contributed by atoms with Gasteiger partial charge in [-0.25, -0.2) is 17.6 Å². The maximum Gasteiger partial charge on any atom is 0.303 e. The van der Waals surface area contributed by atoms with E-state index in [-0.39, 0.29) is 24.8 Å². The molecule has 0 unspecified atom stereocenters. The van der Waals surface area contributed by atoms with Gasteiger partial charge in [-0.15, -0.1) is 0 Å². The number of carboxylic acid groups (broad SMARTS) is 1. The molecule has 8 nitrogen and oxygen atoms in total. The molecule has 0 bridgehead atoms. The van der Waals surface area contributed by atoms with E-state index in [4.69, 9.17) is 20.3 Å². The summed E-state index contributed by atoms with van der Waals surface area (Å²) in [7, 11) is 3.21. The molecule has 0 radical (unpaired) electrons. The summed E-state index contributed by atoms with van der Waals surface area (Å²) in [6.45, 7) is 4.67. The van der Waals surface area contributed by atoms with Crippen molar-refractivity contribution in [2.24, 2.45) is 5.73 Å². The second kappa shape index (κ2) is 16.5. The fourth-order valence-electron chi connectivity index (χ4n) is 6.80. The minimum Gasteiger partial charge on any atom is -0.496 e. The Kier molecular flexibility index (Phi) is 12.0. The van der Waals surface area contributed by atoms with Gasteiger partial charge in [-0.3, -0.25) is 19.5 Å². The lowest BCUT2D eigenvalue weighted by molar-refractivity contribution is -0.136. The van der Waals surface area contributed by atoms with Crippen molar-refractivity contribution in [1.29, 1.82) is 0 Å². The molecule has 53 heavy (non-hydrogen) atoms. The number of amides is 1. The molecule has 0 spiro atoms. The maximum atomic E-state index is 14.3. The van der Waals surface area contributed by atoms with Crippen molar-refractivity contribution in [2.75, 3.05) is 27.3 Å². The molecule has 1 aliphatic heterocycles. The summed E-state index contributed by atoms with van der Waals surface area (Å²) < 4.78 is 66.5.